The third kappa shape index (κ3) is 3.63. The van der Waals surface area contributed by atoms with Crippen LogP contribution < -0.4 is 10.9 Å². The maximum Gasteiger partial charge on any atom is 0.276 e. The fraction of sp³-hybridized carbons (Fsp3) is 0.273. The molecule has 7 nitrogen and oxygen atoms in total. The quantitative estimate of drug-likeness (QED) is 0.745. The predicted molar refractivity (Wildman–Crippen MR) is 111 cm³/mol. The molecule has 148 valence electrons. The number of likely N-dealkylation sites (tertiary alicyclic amines) is 1. The van der Waals surface area contributed by atoms with Gasteiger partial charge in [-0.2, -0.15) is 5.10 Å². The summed E-state index contributed by atoms with van der Waals surface area (Å²) in [5.74, 6) is -0.547. The number of nitrogens with zero attached hydrogens (tertiary/aromatic N) is 3. The van der Waals surface area contributed by atoms with E-state index in [0.29, 0.717) is 22.0 Å². The summed E-state index contributed by atoms with van der Waals surface area (Å²) in [5, 5.41) is 7.88. The number of hydrogen-bond acceptors (Lipinski definition) is 4. The summed E-state index contributed by atoms with van der Waals surface area (Å²) in [5.41, 5.74) is 0.769. The van der Waals surface area contributed by atoms with Crippen LogP contribution >= 0.6 is 0 Å². The van der Waals surface area contributed by atoms with E-state index in [0.717, 1.165) is 37.0 Å². The van der Waals surface area contributed by atoms with Crippen LogP contribution in [0.1, 0.15) is 40.1 Å². The van der Waals surface area contributed by atoms with Crippen LogP contribution in [0.25, 0.3) is 10.8 Å². The molecular weight excluding hydrogens is 368 g/mol. The molecule has 1 aliphatic rings. The Hall–Kier alpha value is -3.48. The van der Waals surface area contributed by atoms with Crippen LogP contribution in [0.5, 0.6) is 0 Å². The Kier molecular flexibility index (Phi) is 5.12. The van der Waals surface area contributed by atoms with Gasteiger partial charge in [-0.3, -0.25) is 14.4 Å². The van der Waals surface area contributed by atoms with E-state index < -0.39 is 5.91 Å². The van der Waals surface area contributed by atoms with Crippen LogP contribution in [0.15, 0.2) is 53.3 Å². The second-order valence-electron chi connectivity index (χ2n) is 7.18. The Morgan fingerprint density at radius 1 is 0.931 bits per heavy atom. The van der Waals surface area contributed by atoms with Crippen LogP contribution in [0, 0.1) is 0 Å². The molecule has 29 heavy (non-hydrogen) atoms. The van der Waals surface area contributed by atoms with Gasteiger partial charge in [-0.1, -0.05) is 30.3 Å². The van der Waals surface area contributed by atoms with E-state index in [1.165, 1.54) is 7.05 Å². The van der Waals surface area contributed by atoms with Crippen LogP contribution in [0.4, 0.5) is 5.69 Å². The number of aryl methyl sites for hydroxylation is 1. The summed E-state index contributed by atoms with van der Waals surface area (Å²) >= 11 is 0. The van der Waals surface area contributed by atoms with Crippen molar-refractivity contribution in [2.45, 2.75) is 19.3 Å². The third-order valence-corrected chi connectivity index (χ3v) is 5.22. The Bertz CT molecular complexity index is 1150. The highest BCUT2D eigenvalue weighted by atomic mass is 16.2. The number of benzene rings is 2. The molecule has 1 aliphatic heterocycles. The Morgan fingerprint density at radius 2 is 1.59 bits per heavy atom. The van der Waals surface area contributed by atoms with E-state index in [1.54, 1.807) is 48.5 Å². The highest BCUT2D eigenvalue weighted by Crippen LogP contribution is 2.21. The number of piperidine rings is 1. The Labute approximate surface area is 167 Å². The molecule has 2 heterocycles. The van der Waals surface area contributed by atoms with E-state index in [2.05, 4.69) is 10.4 Å². The number of nitrogens with one attached hydrogen (secondary N) is 1. The average molecular weight is 390 g/mol. The van der Waals surface area contributed by atoms with E-state index in [1.807, 2.05) is 4.90 Å². The van der Waals surface area contributed by atoms with Gasteiger partial charge in [0.2, 0.25) is 0 Å². The van der Waals surface area contributed by atoms with Crippen LogP contribution in [0.2, 0.25) is 0 Å². The molecule has 0 spiro atoms. The molecule has 2 amide bonds. The van der Waals surface area contributed by atoms with E-state index in [9.17, 15) is 14.4 Å². The lowest BCUT2D eigenvalue weighted by atomic mass is 10.1. The fourth-order valence-electron chi connectivity index (χ4n) is 3.69. The molecule has 0 saturated carbocycles. The third-order valence-electron chi connectivity index (χ3n) is 5.22. The number of anilines is 1. The summed E-state index contributed by atoms with van der Waals surface area (Å²) in [7, 11) is 1.51. The van der Waals surface area contributed by atoms with Crippen molar-refractivity contribution in [3.63, 3.8) is 0 Å². The number of fused-ring (bicyclic) bond motifs is 1. The lowest BCUT2D eigenvalue weighted by Gasteiger charge is -2.27. The molecule has 0 radical (unpaired) electrons. The van der Waals surface area contributed by atoms with Gasteiger partial charge in [-0.15, -0.1) is 0 Å². The van der Waals surface area contributed by atoms with Crippen molar-refractivity contribution in [2.75, 3.05) is 18.4 Å². The lowest BCUT2D eigenvalue weighted by molar-refractivity contribution is 0.0725. The highest BCUT2D eigenvalue weighted by molar-refractivity contribution is 6.13. The van der Waals surface area contributed by atoms with Gasteiger partial charge in [0.1, 0.15) is 0 Å². The van der Waals surface area contributed by atoms with Crippen LogP contribution in [0.3, 0.4) is 0 Å². The largest absolute Gasteiger partial charge is 0.339 e. The van der Waals surface area contributed by atoms with Gasteiger partial charge < -0.3 is 10.2 Å². The number of rotatable bonds is 3. The number of amides is 2. The van der Waals surface area contributed by atoms with E-state index in [-0.39, 0.29) is 17.2 Å². The molecular formula is C22H22N4O3. The molecule has 0 unspecified atom stereocenters. The first-order valence-electron chi connectivity index (χ1n) is 9.72. The molecule has 1 fully saturated rings. The van der Waals surface area contributed by atoms with Crippen molar-refractivity contribution in [1.29, 1.82) is 0 Å². The van der Waals surface area contributed by atoms with Gasteiger partial charge in [0.25, 0.3) is 17.4 Å². The van der Waals surface area contributed by atoms with Crippen LogP contribution in [-0.4, -0.2) is 39.6 Å². The van der Waals surface area contributed by atoms with E-state index >= 15 is 0 Å². The topological polar surface area (TPSA) is 84.3 Å². The zero-order valence-corrected chi connectivity index (χ0v) is 16.2. The van der Waals surface area contributed by atoms with Gasteiger partial charge in [-0.05, 0) is 37.5 Å². The summed E-state index contributed by atoms with van der Waals surface area (Å²) in [6, 6.07) is 13.9. The van der Waals surface area contributed by atoms with Crippen molar-refractivity contribution >= 4 is 28.3 Å². The average Bonchev–Trinajstić information content (AvgIpc) is 2.76. The number of hydrogen-bond donors (Lipinski definition) is 1. The Morgan fingerprint density at radius 3 is 2.34 bits per heavy atom. The van der Waals surface area contributed by atoms with Gasteiger partial charge in [0, 0.05) is 25.5 Å². The van der Waals surface area contributed by atoms with Crippen molar-refractivity contribution < 1.29 is 9.59 Å². The molecule has 7 heteroatoms. The fourth-order valence-corrected chi connectivity index (χ4v) is 3.69. The van der Waals surface area contributed by atoms with Gasteiger partial charge in [0.15, 0.2) is 5.69 Å². The zero-order valence-electron chi connectivity index (χ0n) is 16.2. The molecule has 2 aromatic carbocycles. The maximum absolute atomic E-state index is 13.0. The summed E-state index contributed by atoms with van der Waals surface area (Å²) in [6.45, 7) is 1.46. The second kappa shape index (κ2) is 7.87. The summed E-state index contributed by atoms with van der Waals surface area (Å²) in [4.78, 5) is 40.1. The van der Waals surface area contributed by atoms with Gasteiger partial charge in [-0.25, -0.2) is 4.68 Å². The Balaban J connectivity index is 1.68. The molecule has 0 bridgehead atoms. The zero-order chi connectivity index (χ0) is 20.4. The standard InChI is InChI=1S/C22H22N4O3/c1-25-21(28)16-10-4-3-9-15(16)19(24-25)20(27)23-18-12-6-5-11-17(18)22(29)26-13-7-2-8-14-26/h3-6,9-12H,2,7-8,13-14H2,1H3,(H,23,27). The van der Waals surface area contributed by atoms with Crippen molar-refractivity contribution in [2.24, 2.45) is 7.05 Å². The number of aromatic nitrogens is 2. The minimum absolute atomic E-state index is 0.0844. The monoisotopic (exact) mass is 390 g/mol. The number of para-hydroxylation sites is 1. The normalized spacial score (nSPS) is 14.0. The summed E-state index contributed by atoms with van der Waals surface area (Å²) < 4.78 is 1.15. The smallest absolute Gasteiger partial charge is 0.276 e. The molecule has 1 N–H and O–H groups in total. The van der Waals surface area contributed by atoms with E-state index in [4.69, 9.17) is 0 Å². The SMILES string of the molecule is Cn1nc(C(=O)Nc2ccccc2C(=O)N2CCCCC2)c2ccccc2c1=O. The first-order valence-corrected chi connectivity index (χ1v) is 9.72. The van der Waals surface area contributed by atoms with Crippen molar-refractivity contribution in [3.05, 3.63) is 70.1 Å². The number of carbonyl (C=O) groups excluding carboxylic acids is 2. The molecule has 4 rings (SSSR count). The second-order valence-corrected chi connectivity index (χ2v) is 7.18. The molecule has 0 atom stereocenters. The van der Waals surface area contributed by atoms with Crippen molar-refractivity contribution in [1.82, 2.24) is 14.7 Å². The molecule has 3 aromatic rings. The van der Waals surface area contributed by atoms with Crippen LogP contribution in [-0.2, 0) is 7.05 Å². The molecule has 0 aliphatic carbocycles. The predicted octanol–water partition coefficient (Wildman–Crippen LogP) is 2.81. The summed E-state index contributed by atoms with van der Waals surface area (Å²) in [6.07, 6.45) is 3.12. The maximum atomic E-state index is 13.0. The van der Waals surface area contributed by atoms with Gasteiger partial charge >= 0.3 is 0 Å². The van der Waals surface area contributed by atoms with Gasteiger partial charge in [0.05, 0.1) is 16.6 Å². The lowest BCUT2D eigenvalue weighted by Crippen LogP contribution is -2.36. The number of carbonyl (C=O) groups is 2. The minimum atomic E-state index is -0.462. The first-order chi connectivity index (χ1) is 14.1. The molecule has 1 aromatic heterocycles. The minimum Gasteiger partial charge on any atom is -0.339 e. The highest BCUT2D eigenvalue weighted by Gasteiger charge is 2.22. The van der Waals surface area contributed by atoms with Crippen molar-refractivity contribution in [3.8, 4) is 0 Å². The molecule has 1 saturated heterocycles. The first kappa shape index (κ1) is 18.9.